The first-order valence-corrected chi connectivity index (χ1v) is 11.5. The van der Waals surface area contributed by atoms with Crippen molar-refractivity contribution in [1.29, 1.82) is 0 Å². The number of nitrogens with zero attached hydrogens (tertiary/aromatic N) is 3. The highest BCUT2D eigenvalue weighted by Gasteiger charge is 2.43. The molecule has 0 radical (unpaired) electrons. The number of piperidine rings is 1. The molecular formula is C22H29N3O2S. The third-order valence-electron chi connectivity index (χ3n) is 6.22. The first-order valence-electron chi connectivity index (χ1n) is 10.1. The summed E-state index contributed by atoms with van der Waals surface area (Å²) in [5, 5.41) is 0. The quantitative estimate of drug-likeness (QED) is 0.794. The molecule has 0 saturated carbocycles. The van der Waals surface area contributed by atoms with Crippen molar-refractivity contribution in [1.82, 2.24) is 13.5 Å². The van der Waals surface area contributed by atoms with Crippen molar-refractivity contribution >= 4 is 10.2 Å². The van der Waals surface area contributed by atoms with Gasteiger partial charge in [0, 0.05) is 44.7 Å². The van der Waals surface area contributed by atoms with Crippen LogP contribution in [0.2, 0.25) is 0 Å². The molecule has 2 aromatic rings. The Kier molecular flexibility index (Phi) is 5.56. The lowest BCUT2D eigenvalue weighted by atomic mass is 9.70. The third kappa shape index (κ3) is 3.62. The smallest absolute Gasteiger partial charge is 0.282 e. The van der Waals surface area contributed by atoms with Crippen molar-refractivity contribution in [2.45, 2.75) is 18.3 Å². The Morgan fingerprint density at radius 1 is 0.750 bits per heavy atom. The van der Waals surface area contributed by atoms with Crippen LogP contribution in [0, 0.1) is 0 Å². The molecule has 0 spiro atoms. The van der Waals surface area contributed by atoms with E-state index in [0.717, 1.165) is 25.9 Å². The van der Waals surface area contributed by atoms with E-state index in [0.29, 0.717) is 26.2 Å². The SMILES string of the molecule is CN1CCN(S(=O)(=O)N2CCCC(c3ccccc3)(c3ccccc3)C2)CC1. The second-order valence-electron chi connectivity index (χ2n) is 7.96. The molecule has 2 aromatic carbocycles. The van der Waals surface area contributed by atoms with Gasteiger partial charge in [-0.15, -0.1) is 0 Å². The van der Waals surface area contributed by atoms with E-state index in [2.05, 4.69) is 29.2 Å². The maximum atomic E-state index is 13.4. The molecule has 6 heteroatoms. The maximum absolute atomic E-state index is 13.4. The van der Waals surface area contributed by atoms with E-state index in [4.69, 9.17) is 0 Å². The van der Waals surface area contributed by atoms with Crippen LogP contribution in [0.25, 0.3) is 0 Å². The molecular weight excluding hydrogens is 370 g/mol. The average Bonchev–Trinajstić information content (AvgIpc) is 2.75. The van der Waals surface area contributed by atoms with Gasteiger partial charge in [0.15, 0.2) is 0 Å². The highest BCUT2D eigenvalue weighted by atomic mass is 32.2. The van der Waals surface area contributed by atoms with Crippen LogP contribution in [0.1, 0.15) is 24.0 Å². The van der Waals surface area contributed by atoms with Gasteiger partial charge in [-0.1, -0.05) is 60.7 Å². The summed E-state index contributed by atoms with van der Waals surface area (Å²) in [6.07, 6.45) is 1.81. The average molecular weight is 400 g/mol. The molecule has 2 aliphatic rings. The van der Waals surface area contributed by atoms with Crippen LogP contribution in [0.3, 0.4) is 0 Å². The monoisotopic (exact) mass is 399 g/mol. The van der Waals surface area contributed by atoms with E-state index in [9.17, 15) is 8.42 Å². The highest BCUT2D eigenvalue weighted by molar-refractivity contribution is 7.86. The minimum Gasteiger partial charge on any atom is -0.304 e. The van der Waals surface area contributed by atoms with Crippen molar-refractivity contribution in [3.63, 3.8) is 0 Å². The number of piperazine rings is 1. The van der Waals surface area contributed by atoms with Crippen molar-refractivity contribution in [2.75, 3.05) is 46.3 Å². The van der Waals surface area contributed by atoms with E-state index in [1.165, 1.54) is 11.1 Å². The molecule has 0 N–H and O–H groups in total. The predicted molar refractivity (Wildman–Crippen MR) is 112 cm³/mol. The maximum Gasteiger partial charge on any atom is 0.282 e. The highest BCUT2D eigenvalue weighted by Crippen LogP contribution is 2.41. The van der Waals surface area contributed by atoms with Crippen molar-refractivity contribution in [3.8, 4) is 0 Å². The predicted octanol–water partition coefficient (Wildman–Crippen LogP) is 2.56. The van der Waals surface area contributed by atoms with Gasteiger partial charge in [0.1, 0.15) is 0 Å². The minimum absolute atomic E-state index is 0.305. The summed E-state index contributed by atoms with van der Waals surface area (Å²) in [4.78, 5) is 2.18. The van der Waals surface area contributed by atoms with Gasteiger partial charge in [0.05, 0.1) is 0 Å². The lowest BCUT2D eigenvalue weighted by Gasteiger charge is -2.45. The fraction of sp³-hybridized carbons (Fsp3) is 0.455. The number of benzene rings is 2. The molecule has 0 aliphatic carbocycles. The first-order chi connectivity index (χ1) is 13.5. The molecule has 0 aromatic heterocycles. The van der Waals surface area contributed by atoms with Gasteiger partial charge in [-0.25, -0.2) is 0 Å². The molecule has 0 unspecified atom stereocenters. The van der Waals surface area contributed by atoms with Crippen LogP contribution in [-0.4, -0.2) is 68.2 Å². The molecule has 0 amide bonds. The molecule has 28 heavy (non-hydrogen) atoms. The number of hydrogen-bond acceptors (Lipinski definition) is 3. The Morgan fingerprint density at radius 2 is 1.29 bits per heavy atom. The lowest BCUT2D eigenvalue weighted by molar-refractivity contribution is 0.195. The Hall–Kier alpha value is -1.73. The van der Waals surface area contributed by atoms with E-state index in [-0.39, 0.29) is 5.41 Å². The summed E-state index contributed by atoms with van der Waals surface area (Å²) in [5.74, 6) is 0. The van der Waals surface area contributed by atoms with Gasteiger partial charge in [-0.2, -0.15) is 17.0 Å². The van der Waals surface area contributed by atoms with Gasteiger partial charge in [-0.3, -0.25) is 0 Å². The zero-order chi connectivity index (χ0) is 19.6. The molecule has 2 saturated heterocycles. The topological polar surface area (TPSA) is 43.9 Å². The zero-order valence-corrected chi connectivity index (χ0v) is 17.3. The largest absolute Gasteiger partial charge is 0.304 e. The number of rotatable bonds is 4. The normalized spacial score (nSPS) is 22.2. The van der Waals surface area contributed by atoms with Crippen LogP contribution in [0.15, 0.2) is 60.7 Å². The summed E-state index contributed by atoms with van der Waals surface area (Å²) >= 11 is 0. The summed E-state index contributed by atoms with van der Waals surface area (Å²) in [6, 6.07) is 20.8. The Bertz CT molecular complexity index is 839. The second kappa shape index (κ2) is 7.95. The van der Waals surface area contributed by atoms with Gasteiger partial charge >= 0.3 is 0 Å². The standard InChI is InChI=1S/C22H29N3O2S/c1-23-15-17-24(18-16-23)28(26,27)25-14-8-13-22(19-25,20-9-4-2-5-10-20)21-11-6-3-7-12-21/h2-7,9-12H,8,13-19H2,1H3. The van der Waals surface area contributed by atoms with E-state index in [1.54, 1.807) is 8.61 Å². The Balaban J connectivity index is 1.69. The zero-order valence-electron chi connectivity index (χ0n) is 16.5. The minimum atomic E-state index is -3.46. The fourth-order valence-electron chi connectivity index (χ4n) is 4.55. The van der Waals surface area contributed by atoms with E-state index < -0.39 is 10.2 Å². The molecule has 0 bridgehead atoms. The molecule has 2 aliphatic heterocycles. The van der Waals surface area contributed by atoms with Crippen LogP contribution in [-0.2, 0) is 15.6 Å². The van der Waals surface area contributed by atoms with Crippen molar-refractivity contribution in [2.24, 2.45) is 0 Å². The van der Waals surface area contributed by atoms with E-state index >= 15 is 0 Å². The molecule has 2 heterocycles. The summed E-state index contributed by atoms with van der Waals surface area (Å²) in [6.45, 7) is 3.80. The van der Waals surface area contributed by atoms with Gasteiger partial charge in [0.2, 0.25) is 0 Å². The van der Waals surface area contributed by atoms with Crippen LogP contribution in [0.5, 0.6) is 0 Å². The summed E-state index contributed by atoms with van der Waals surface area (Å²) < 4.78 is 30.3. The number of hydrogen-bond donors (Lipinski definition) is 0. The van der Waals surface area contributed by atoms with Gasteiger partial charge in [-0.05, 0) is 31.0 Å². The molecule has 0 atom stereocenters. The molecule has 4 rings (SSSR count). The van der Waals surface area contributed by atoms with Crippen molar-refractivity contribution < 1.29 is 8.42 Å². The first kappa shape index (κ1) is 19.6. The second-order valence-corrected chi connectivity index (χ2v) is 9.89. The lowest BCUT2D eigenvalue weighted by Crippen LogP contribution is -2.56. The summed E-state index contributed by atoms with van der Waals surface area (Å²) in [7, 11) is -1.41. The Labute approximate surface area is 168 Å². The van der Waals surface area contributed by atoms with Gasteiger partial charge in [0.25, 0.3) is 10.2 Å². The Morgan fingerprint density at radius 3 is 1.82 bits per heavy atom. The van der Waals surface area contributed by atoms with Crippen molar-refractivity contribution in [3.05, 3.63) is 71.8 Å². The molecule has 2 fully saturated rings. The summed E-state index contributed by atoms with van der Waals surface area (Å²) in [5.41, 5.74) is 2.08. The van der Waals surface area contributed by atoms with E-state index in [1.807, 2.05) is 43.4 Å². The fourth-order valence-corrected chi connectivity index (χ4v) is 6.24. The van der Waals surface area contributed by atoms with Crippen LogP contribution < -0.4 is 0 Å². The third-order valence-corrected chi connectivity index (χ3v) is 8.21. The van der Waals surface area contributed by atoms with Crippen LogP contribution >= 0.6 is 0 Å². The van der Waals surface area contributed by atoms with Gasteiger partial charge < -0.3 is 4.90 Å². The molecule has 5 nitrogen and oxygen atoms in total. The number of likely N-dealkylation sites (N-methyl/N-ethyl adjacent to an activating group) is 1. The molecule has 150 valence electrons. The van der Waals surface area contributed by atoms with Crippen LogP contribution in [0.4, 0.5) is 0 Å².